The first-order chi connectivity index (χ1) is 10.7. The van der Waals surface area contributed by atoms with Crippen LogP contribution >= 0.6 is 0 Å². The van der Waals surface area contributed by atoms with Gasteiger partial charge in [0.2, 0.25) is 0 Å². The molecular weight excluding hydrogens is 272 g/mol. The third kappa shape index (κ3) is 4.41. The second kappa shape index (κ2) is 8.69. The lowest BCUT2D eigenvalue weighted by Gasteiger charge is -2.34. The molecule has 0 heterocycles. The van der Waals surface area contributed by atoms with Crippen LogP contribution in [0.2, 0.25) is 0 Å². The lowest BCUT2D eigenvalue weighted by atomic mass is 9.92. The third-order valence-corrected chi connectivity index (χ3v) is 3.84. The van der Waals surface area contributed by atoms with E-state index in [9.17, 15) is 0 Å². The zero-order chi connectivity index (χ0) is 15.8. The number of hydrogen-bond acceptors (Lipinski definition) is 3. The van der Waals surface area contributed by atoms with E-state index in [0.29, 0.717) is 6.61 Å². The fourth-order valence-electron chi connectivity index (χ4n) is 2.83. The monoisotopic (exact) mass is 298 g/mol. The normalized spacial score (nSPS) is 14.0. The lowest BCUT2D eigenvalue weighted by Crippen LogP contribution is -2.36. The van der Waals surface area contributed by atoms with Crippen LogP contribution in [-0.2, 0) is 4.74 Å². The zero-order valence-electron chi connectivity index (χ0n) is 13.7. The SMILES string of the molecule is COCCN[C@H](c1ccccc1)[C@@H](c1ccccc1)N(C)C. The predicted octanol–water partition coefficient (Wildman–Crippen LogP) is 3.27. The largest absolute Gasteiger partial charge is 0.383 e. The minimum absolute atomic E-state index is 0.216. The van der Waals surface area contributed by atoms with Crippen molar-refractivity contribution < 1.29 is 4.74 Å². The second-order valence-corrected chi connectivity index (χ2v) is 5.65. The maximum Gasteiger partial charge on any atom is 0.0587 e. The van der Waals surface area contributed by atoms with E-state index in [4.69, 9.17) is 4.74 Å². The molecule has 0 aliphatic rings. The smallest absolute Gasteiger partial charge is 0.0587 e. The second-order valence-electron chi connectivity index (χ2n) is 5.65. The van der Waals surface area contributed by atoms with E-state index >= 15 is 0 Å². The number of nitrogens with zero attached hydrogens (tertiary/aromatic N) is 1. The summed E-state index contributed by atoms with van der Waals surface area (Å²) in [5, 5.41) is 3.65. The van der Waals surface area contributed by atoms with Gasteiger partial charge in [0.1, 0.15) is 0 Å². The Bertz CT molecular complexity index is 528. The molecule has 22 heavy (non-hydrogen) atoms. The summed E-state index contributed by atoms with van der Waals surface area (Å²) in [6, 6.07) is 21.7. The van der Waals surface area contributed by atoms with Crippen LogP contribution in [-0.4, -0.2) is 39.3 Å². The highest BCUT2D eigenvalue weighted by Crippen LogP contribution is 2.32. The van der Waals surface area contributed by atoms with E-state index in [1.54, 1.807) is 7.11 Å². The van der Waals surface area contributed by atoms with Gasteiger partial charge in [0, 0.05) is 13.7 Å². The topological polar surface area (TPSA) is 24.5 Å². The Balaban J connectivity index is 2.31. The van der Waals surface area contributed by atoms with Gasteiger partial charge in [-0.05, 0) is 25.2 Å². The Morgan fingerprint density at radius 2 is 1.45 bits per heavy atom. The molecule has 0 aliphatic heterocycles. The summed E-state index contributed by atoms with van der Waals surface area (Å²) in [7, 11) is 6.00. The van der Waals surface area contributed by atoms with Gasteiger partial charge in [-0.2, -0.15) is 0 Å². The number of likely N-dealkylation sites (N-methyl/N-ethyl adjacent to an activating group) is 1. The molecule has 2 rings (SSSR count). The molecule has 0 saturated carbocycles. The molecule has 0 aliphatic carbocycles. The molecule has 0 fully saturated rings. The molecule has 0 unspecified atom stereocenters. The van der Waals surface area contributed by atoms with Crippen LogP contribution in [0.15, 0.2) is 60.7 Å². The van der Waals surface area contributed by atoms with Crippen LogP contribution in [0, 0.1) is 0 Å². The van der Waals surface area contributed by atoms with Gasteiger partial charge in [-0.25, -0.2) is 0 Å². The van der Waals surface area contributed by atoms with Crippen LogP contribution in [0.5, 0.6) is 0 Å². The van der Waals surface area contributed by atoms with Crippen LogP contribution in [0.25, 0.3) is 0 Å². The number of nitrogens with one attached hydrogen (secondary N) is 1. The third-order valence-electron chi connectivity index (χ3n) is 3.84. The van der Waals surface area contributed by atoms with Crippen LogP contribution in [0.3, 0.4) is 0 Å². The molecule has 0 radical (unpaired) electrons. The Labute approximate surface area is 133 Å². The molecule has 118 valence electrons. The number of benzene rings is 2. The number of hydrogen-bond donors (Lipinski definition) is 1. The van der Waals surface area contributed by atoms with Crippen molar-refractivity contribution in [2.75, 3.05) is 34.4 Å². The van der Waals surface area contributed by atoms with Crippen molar-refractivity contribution in [3.63, 3.8) is 0 Å². The molecule has 3 heteroatoms. The van der Waals surface area contributed by atoms with E-state index in [0.717, 1.165) is 6.54 Å². The van der Waals surface area contributed by atoms with Gasteiger partial charge in [0.25, 0.3) is 0 Å². The quantitative estimate of drug-likeness (QED) is 0.757. The summed E-state index contributed by atoms with van der Waals surface area (Å²) in [4.78, 5) is 2.27. The summed E-state index contributed by atoms with van der Waals surface area (Å²) < 4.78 is 5.20. The van der Waals surface area contributed by atoms with Gasteiger partial charge >= 0.3 is 0 Å². The summed E-state index contributed by atoms with van der Waals surface area (Å²) >= 11 is 0. The fraction of sp³-hybridized carbons (Fsp3) is 0.368. The number of ether oxygens (including phenoxy) is 1. The summed E-state index contributed by atoms with van der Waals surface area (Å²) in [5.74, 6) is 0. The van der Waals surface area contributed by atoms with Crippen LogP contribution < -0.4 is 5.32 Å². The highest BCUT2D eigenvalue weighted by Gasteiger charge is 2.26. The molecule has 0 saturated heterocycles. The number of methoxy groups -OCH3 is 1. The van der Waals surface area contributed by atoms with E-state index < -0.39 is 0 Å². The maximum atomic E-state index is 5.20. The lowest BCUT2D eigenvalue weighted by molar-refractivity contribution is 0.179. The van der Waals surface area contributed by atoms with Crippen molar-refractivity contribution in [2.45, 2.75) is 12.1 Å². The van der Waals surface area contributed by atoms with Gasteiger partial charge in [-0.1, -0.05) is 60.7 Å². The van der Waals surface area contributed by atoms with Gasteiger partial charge in [0.05, 0.1) is 18.7 Å². The van der Waals surface area contributed by atoms with Crippen LogP contribution in [0.4, 0.5) is 0 Å². The first-order valence-electron chi connectivity index (χ1n) is 7.72. The molecule has 0 spiro atoms. The molecule has 0 amide bonds. The Morgan fingerprint density at radius 1 is 0.909 bits per heavy atom. The Hall–Kier alpha value is -1.68. The summed E-state index contributed by atoms with van der Waals surface area (Å²) in [5.41, 5.74) is 2.60. The minimum atomic E-state index is 0.216. The predicted molar refractivity (Wildman–Crippen MR) is 91.9 cm³/mol. The van der Waals surface area contributed by atoms with E-state index in [-0.39, 0.29) is 12.1 Å². The van der Waals surface area contributed by atoms with Crippen molar-refractivity contribution in [1.82, 2.24) is 10.2 Å². The molecule has 2 atom stereocenters. The van der Waals surface area contributed by atoms with Gasteiger partial charge in [-0.15, -0.1) is 0 Å². The van der Waals surface area contributed by atoms with E-state index in [2.05, 4.69) is 85.0 Å². The first-order valence-corrected chi connectivity index (χ1v) is 7.72. The highest BCUT2D eigenvalue weighted by molar-refractivity contribution is 5.27. The number of rotatable bonds is 8. The zero-order valence-corrected chi connectivity index (χ0v) is 13.7. The van der Waals surface area contributed by atoms with Crippen molar-refractivity contribution in [3.8, 4) is 0 Å². The Morgan fingerprint density at radius 3 is 1.95 bits per heavy atom. The Kier molecular flexibility index (Phi) is 6.59. The molecule has 3 nitrogen and oxygen atoms in total. The van der Waals surface area contributed by atoms with Crippen molar-refractivity contribution in [3.05, 3.63) is 71.8 Å². The maximum absolute atomic E-state index is 5.20. The fourth-order valence-corrected chi connectivity index (χ4v) is 2.83. The standard InChI is InChI=1S/C19H26N2O/c1-21(2)19(17-12-8-5-9-13-17)18(20-14-15-22-3)16-10-6-4-7-11-16/h4-13,18-20H,14-15H2,1-3H3/t18-,19-/m1/s1. The molecule has 0 aromatic heterocycles. The van der Waals surface area contributed by atoms with Crippen LogP contribution in [0.1, 0.15) is 23.2 Å². The first kappa shape index (κ1) is 16.7. The van der Waals surface area contributed by atoms with E-state index in [1.165, 1.54) is 11.1 Å². The van der Waals surface area contributed by atoms with Crippen molar-refractivity contribution >= 4 is 0 Å². The minimum Gasteiger partial charge on any atom is -0.383 e. The molecule has 2 aromatic rings. The molecule has 2 aromatic carbocycles. The highest BCUT2D eigenvalue weighted by atomic mass is 16.5. The summed E-state index contributed by atoms with van der Waals surface area (Å²) in [6.07, 6.45) is 0. The van der Waals surface area contributed by atoms with Crippen molar-refractivity contribution in [1.29, 1.82) is 0 Å². The van der Waals surface area contributed by atoms with E-state index in [1.807, 2.05) is 0 Å². The van der Waals surface area contributed by atoms with Gasteiger partial charge in [-0.3, -0.25) is 0 Å². The average Bonchev–Trinajstić information content (AvgIpc) is 2.55. The van der Waals surface area contributed by atoms with Gasteiger partial charge in [0.15, 0.2) is 0 Å². The summed E-state index contributed by atoms with van der Waals surface area (Å²) in [6.45, 7) is 1.53. The molecular formula is C19H26N2O. The van der Waals surface area contributed by atoms with Crippen molar-refractivity contribution in [2.24, 2.45) is 0 Å². The average molecular weight is 298 g/mol. The van der Waals surface area contributed by atoms with Gasteiger partial charge < -0.3 is 15.0 Å². The molecule has 1 N–H and O–H groups in total. The molecule has 0 bridgehead atoms.